The number of carbonyl (C=O) groups is 1. The van der Waals surface area contributed by atoms with Crippen LogP contribution in [0.15, 0.2) is 18.2 Å². The van der Waals surface area contributed by atoms with Crippen molar-refractivity contribution in [2.75, 3.05) is 41.1 Å². The molecule has 192 valence electrons. The highest BCUT2D eigenvalue weighted by Gasteiger charge is 2.24. The summed E-state index contributed by atoms with van der Waals surface area (Å²) in [5, 5.41) is 13.1. The highest BCUT2D eigenvalue weighted by molar-refractivity contribution is 5.85. The lowest BCUT2D eigenvalue weighted by molar-refractivity contribution is -0.130. The topological polar surface area (TPSA) is 112 Å². The molecule has 1 aromatic carbocycles. The highest BCUT2D eigenvalue weighted by atomic mass is 35.5. The van der Waals surface area contributed by atoms with Crippen molar-refractivity contribution in [1.82, 2.24) is 5.32 Å². The Morgan fingerprint density at radius 2 is 1.82 bits per heavy atom. The maximum absolute atomic E-state index is 11.9. The Kier molecular flexibility index (Phi) is 16.1. The Bertz CT molecular complexity index is 676. The van der Waals surface area contributed by atoms with Gasteiger partial charge in [-0.1, -0.05) is 19.9 Å². The molecule has 0 saturated carbocycles. The number of ether oxygens (including phenoxy) is 4. The molecular formula is C24H43ClN2O6. The number of aliphatic hydroxyl groups is 1. The number of nitrogens with two attached hydrogens (primary N) is 1. The quantitative estimate of drug-likeness (QED) is 0.305. The first kappa shape index (κ1) is 31.4. The Morgan fingerprint density at radius 3 is 2.39 bits per heavy atom. The van der Waals surface area contributed by atoms with Crippen LogP contribution in [0.4, 0.5) is 0 Å². The van der Waals surface area contributed by atoms with Crippen LogP contribution < -0.4 is 20.5 Å². The van der Waals surface area contributed by atoms with Crippen LogP contribution in [0.1, 0.15) is 39.2 Å². The van der Waals surface area contributed by atoms with E-state index in [1.807, 2.05) is 18.2 Å². The Balaban J connectivity index is 0.0000102. The third-order valence-electron chi connectivity index (χ3n) is 5.70. The smallest absolute Gasteiger partial charge is 0.248 e. The van der Waals surface area contributed by atoms with E-state index < -0.39 is 18.2 Å². The molecule has 9 heteroatoms. The Labute approximate surface area is 204 Å². The summed E-state index contributed by atoms with van der Waals surface area (Å²) in [4.78, 5) is 11.9. The van der Waals surface area contributed by atoms with E-state index in [2.05, 4.69) is 19.2 Å². The normalized spacial score (nSPS) is 14.7. The van der Waals surface area contributed by atoms with Gasteiger partial charge in [0.15, 0.2) is 11.5 Å². The number of nitrogens with one attached hydrogen (secondary N) is 1. The van der Waals surface area contributed by atoms with Crippen molar-refractivity contribution in [2.24, 2.45) is 17.6 Å². The maximum Gasteiger partial charge on any atom is 0.248 e. The third-order valence-corrected chi connectivity index (χ3v) is 5.70. The molecule has 4 atom stereocenters. The Hall–Kier alpha value is -1.58. The average molecular weight is 491 g/mol. The summed E-state index contributed by atoms with van der Waals surface area (Å²) in [6, 6.07) is 5.50. The van der Waals surface area contributed by atoms with Crippen LogP contribution in [0, 0.1) is 11.8 Å². The predicted octanol–water partition coefficient (Wildman–Crippen LogP) is 2.58. The lowest BCUT2D eigenvalue weighted by Crippen LogP contribution is -2.46. The van der Waals surface area contributed by atoms with E-state index in [4.69, 9.17) is 24.7 Å². The van der Waals surface area contributed by atoms with Crippen molar-refractivity contribution in [2.45, 2.75) is 58.3 Å². The molecule has 33 heavy (non-hydrogen) atoms. The van der Waals surface area contributed by atoms with Crippen LogP contribution in [-0.4, -0.2) is 70.4 Å². The van der Waals surface area contributed by atoms with Gasteiger partial charge in [0.1, 0.15) is 6.10 Å². The van der Waals surface area contributed by atoms with Crippen LogP contribution in [0.5, 0.6) is 11.5 Å². The predicted molar refractivity (Wildman–Crippen MR) is 132 cm³/mol. The van der Waals surface area contributed by atoms with Crippen molar-refractivity contribution in [3.63, 3.8) is 0 Å². The first-order valence-corrected chi connectivity index (χ1v) is 11.3. The lowest BCUT2D eigenvalue weighted by Gasteiger charge is -2.27. The molecule has 0 aliphatic carbocycles. The van der Waals surface area contributed by atoms with Crippen LogP contribution in [-0.2, 0) is 20.7 Å². The fourth-order valence-electron chi connectivity index (χ4n) is 3.35. The van der Waals surface area contributed by atoms with Gasteiger partial charge in [-0.15, -0.1) is 12.4 Å². The second-order valence-corrected chi connectivity index (χ2v) is 8.48. The molecule has 1 rings (SSSR count). The summed E-state index contributed by atoms with van der Waals surface area (Å²) in [7, 11) is 4.76. The molecular weight excluding hydrogens is 448 g/mol. The molecule has 0 heterocycles. The molecule has 0 fully saturated rings. The molecule has 4 N–H and O–H groups in total. The molecule has 0 radical (unpaired) electrons. The molecule has 0 spiro atoms. The number of halogens is 1. The number of benzene rings is 1. The van der Waals surface area contributed by atoms with Gasteiger partial charge in [0.05, 0.1) is 19.8 Å². The van der Waals surface area contributed by atoms with Gasteiger partial charge in [0.2, 0.25) is 5.91 Å². The maximum atomic E-state index is 11.9. The summed E-state index contributed by atoms with van der Waals surface area (Å²) < 4.78 is 21.4. The van der Waals surface area contributed by atoms with E-state index in [-0.39, 0.29) is 30.8 Å². The number of hydrogen-bond donors (Lipinski definition) is 3. The molecule has 0 saturated heterocycles. The molecule has 0 aromatic heterocycles. The largest absolute Gasteiger partial charge is 0.493 e. The van der Waals surface area contributed by atoms with Gasteiger partial charge in [-0.05, 0) is 49.3 Å². The number of rotatable bonds is 16. The number of methoxy groups -OCH3 is 3. The summed E-state index contributed by atoms with van der Waals surface area (Å²) in [6.07, 6.45) is 0.821. The molecule has 0 bridgehead atoms. The Morgan fingerprint density at radius 1 is 1.12 bits per heavy atom. The van der Waals surface area contributed by atoms with Gasteiger partial charge in [0, 0.05) is 39.8 Å². The second-order valence-electron chi connectivity index (χ2n) is 8.48. The number of aliphatic hydroxyl groups excluding tert-OH is 1. The average Bonchev–Trinajstić information content (AvgIpc) is 2.78. The SMILES string of the molecule is COCCCOc1cc(C[C@@H](C[C@H](N)[C@@H](O)CNC(=O)[C@H](C)OC)C(C)C)ccc1OC.Cl. The van der Waals surface area contributed by atoms with Crippen LogP contribution >= 0.6 is 12.4 Å². The number of carbonyl (C=O) groups excluding carboxylic acids is 1. The minimum absolute atomic E-state index is 0. The summed E-state index contributed by atoms with van der Waals surface area (Å²) in [5.41, 5.74) is 7.41. The minimum atomic E-state index is -0.834. The van der Waals surface area contributed by atoms with Crippen LogP contribution in [0.3, 0.4) is 0 Å². The first-order chi connectivity index (χ1) is 15.2. The van der Waals surface area contributed by atoms with Crippen molar-refractivity contribution >= 4 is 18.3 Å². The number of amides is 1. The number of hydrogen-bond acceptors (Lipinski definition) is 7. The molecule has 0 aliphatic rings. The molecule has 0 unspecified atom stereocenters. The van der Waals surface area contributed by atoms with Gasteiger partial charge in [-0.25, -0.2) is 0 Å². The van der Waals surface area contributed by atoms with E-state index in [1.54, 1.807) is 21.1 Å². The fourth-order valence-corrected chi connectivity index (χ4v) is 3.35. The van der Waals surface area contributed by atoms with Crippen molar-refractivity contribution in [3.05, 3.63) is 23.8 Å². The molecule has 1 aromatic rings. The van der Waals surface area contributed by atoms with E-state index in [1.165, 1.54) is 7.11 Å². The van der Waals surface area contributed by atoms with E-state index in [9.17, 15) is 9.90 Å². The van der Waals surface area contributed by atoms with Crippen LogP contribution in [0.2, 0.25) is 0 Å². The zero-order valence-corrected chi connectivity index (χ0v) is 21.7. The fraction of sp³-hybridized carbons (Fsp3) is 0.708. The minimum Gasteiger partial charge on any atom is -0.493 e. The first-order valence-electron chi connectivity index (χ1n) is 11.3. The summed E-state index contributed by atoms with van der Waals surface area (Å²) >= 11 is 0. The van der Waals surface area contributed by atoms with E-state index in [0.29, 0.717) is 37.1 Å². The van der Waals surface area contributed by atoms with Gasteiger partial charge >= 0.3 is 0 Å². The van der Waals surface area contributed by atoms with Gasteiger partial charge in [0.25, 0.3) is 0 Å². The zero-order valence-electron chi connectivity index (χ0n) is 20.8. The second kappa shape index (κ2) is 16.9. The van der Waals surface area contributed by atoms with Crippen molar-refractivity contribution < 1.29 is 28.8 Å². The third kappa shape index (κ3) is 11.4. The standard InChI is InChI=1S/C24H42N2O6.ClH/c1-16(2)19(14-20(25)21(27)15-26-24(28)17(3)30-5)12-18-8-9-22(31-6)23(13-18)32-11-7-10-29-4;/h8-9,13,16-17,19-21,27H,7,10-12,14-15,25H2,1-6H3,(H,26,28);1H/t17-,19-,20-,21-;/m0./s1. The van der Waals surface area contributed by atoms with Crippen molar-refractivity contribution in [1.29, 1.82) is 0 Å². The van der Waals surface area contributed by atoms with Gasteiger partial charge in [-0.2, -0.15) is 0 Å². The summed E-state index contributed by atoms with van der Waals surface area (Å²) in [5.74, 6) is 1.76. The zero-order chi connectivity index (χ0) is 24.1. The molecule has 8 nitrogen and oxygen atoms in total. The molecule has 0 aliphatic heterocycles. The van der Waals surface area contributed by atoms with Crippen molar-refractivity contribution in [3.8, 4) is 11.5 Å². The van der Waals surface area contributed by atoms with Crippen LogP contribution in [0.25, 0.3) is 0 Å². The lowest BCUT2D eigenvalue weighted by atomic mass is 9.83. The molecule has 1 amide bonds. The highest BCUT2D eigenvalue weighted by Crippen LogP contribution is 2.31. The van der Waals surface area contributed by atoms with E-state index in [0.717, 1.165) is 18.4 Å². The van der Waals surface area contributed by atoms with Gasteiger partial charge < -0.3 is 35.1 Å². The summed E-state index contributed by atoms with van der Waals surface area (Å²) in [6.45, 7) is 7.24. The van der Waals surface area contributed by atoms with Gasteiger partial charge in [-0.3, -0.25) is 4.79 Å². The van der Waals surface area contributed by atoms with E-state index >= 15 is 0 Å². The monoisotopic (exact) mass is 490 g/mol.